The van der Waals surface area contributed by atoms with Crippen LogP contribution in [-0.2, 0) is 6.54 Å². The largest absolute Gasteiger partial charge is 0.387 e. The number of hydrogen-bond donors (Lipinski definition) is 2. The van der Waals surface area contributed by atoms with Crippen molar-refractivity contribution in [1.82, 2.24) is 5.32 Å². The van der Waals surface area contributed by atoms with E-state index in [2.05, 4.69) is 17.4 Å². The van der Waals surface area contributed by atoms with Crippen molar-refractivity contribution in [2.75, 3.05) is 0 Å². The Labute approximate surface area is 108 Å². The highest BCUT2D eigenvalue weighted by atomic mass is 16.3. The lowest BCUT2D eigenvalue weighted by Gasteiger charge is -2.20. The summed E-state index contributed by atoms with van der Waals surface area (Å²) in [7, 11) is 0. The van der Waals surface area contributed by atoms with E-state index in [4.69, 9.17) is 0 Å². The zero-order chi connectivity index (χ0) is 12.8. The average Bonchev–Trinajstić information content (AvgIpc) is 2.46. The van der Waals surface area contributed by atoms with Crippen molar-refractivity contribution in [3.05, 3.63) is 71.8 Å². The fraction of sp³-hybridized carbons (Fsp3) is 0.250. The van der Waals surface area contributed by atoms with Gasteiger partial charge in [-0.05, 0) is 18.1 Å². The predicted molar refractivity (Wildman–Crippen MR) is 74.1 cm³/mol. The van der Waals surface area contributed by atoms with Crippen molar-refractivity contribution >= 4 is 0 Å². The van der Waals surface area contributed by atoms with Gasteiger partial charge in [0.25, 0.3) is 0 Å². The van der Waals surface area contributed by atoms with Crippen molar-refractivity contribution in [3.8, 4) is 0 Å². The van der Waals surface area contributed by atoms with Gasteiger partial charge in [0, 0.05) is 12.6 Å². The normalized spacial score (nSPS) is 14.1. The van der Waals surface area contributed by atoms with Crippen molar-refractivity contribution < 1.29 is 5.11 Å². The number of benzene rings is 2. The number of aliphatic hydroxyl groups is 1. The van der Waals surface area contributed by atoms with E-state index in [-0.39, 0.29) is 6.04 Å². The highest BCUT2D eigenvalue weighted by Gasteiger charge is 2.15. The molecule has 0 saturated carbocycles. The maximum atomic E-state index is 10.2. The summed E-state index contributed by atoms with van der Waals surface area (Å²) >= 11 is 0. The van der Waals surface area contributed by atoms with E-state index in [1.54, 1.807) is 0 Å². The summed E-state index contributed by atoms with van der Waals surface area (Å²) in [4.78, 5) is 0. The molecule has 0 radical (unpaired) electrons. The van der Waals surface area contributed by atoms with Crippen LogP contribution in [0.3, 0.4) is 0 Å². The number of nitrogens with one attached hydrogen (secondary N) is 1. The van der Waals surface area contributed by atoms with Gasteiger partial charge in [0.2, 0.25) is 0 Å². The molecule has 0 heterocycles. The van der Waals surface area contributed by atoms with Crippen molar-refractivity contribution in [3.63, 3.8) is 0 Å². The number of aliphatic hydroxyl groups excluding tert-OH is 1. The standard InChI is InChI=1S/C16H19NO/c1-13(16(18)15-10-6-3-7-11-15)17-12-14-8-4-2-5-9-14/h2-11,13,16-18H,12H2,1H3. The van der Waals surface area contributed by atoms with E-state index in [1.165, 1.54) is 5.56 Å². The molecule has 94 valence electrons. The smallest absolute Gasteiger partial charge is 0.0940 e. The molecule has 0 spiro atoms. The monoisotopic (exact) mass is 241 g/mol. The summed E-state index contributed by atoms with van der Waals surface area (Å²) in [6.45, 7) is 2.77. The van der Waals surface area contributed by atoms with Gasteiger partial charge in [-0.2, -0.15) is 0 Å². The van der Waals surface area contributed by atoms with Gasteiger partial charge >= 0.3 is 0 Å². The molecule has 2 atom stereocenters. The molecule has 0 aliphatic heterocycles. The van der Waals surface area contributed by atoms with Crippen molar-refractivity contribution in [2.45, 2.75) is 25.6 Å². The maximum Gasteiger partial charge on any atom is 0.0940 e. The third-order valence-corrected chi connectivity index (χ3v) is 3.09. The Morgan fingerprint density at radius 1 is 0.944 bits per heavy atom. The first-order chi connectivity index (χ1) is 8.77. The molecular formula is C16H19NO. The highest BCUT2D eigenvalue weighted by Crippen LogP contribution is 2.16. The number of hydrogen-bond acceptors (Lipinski definition) is 2. The Kier molecular flexibility index (Phi) is 4.51. The first kappa shape index (κ1) is 12.8. The second kappa shape index (κ2) is 6.34. The topological polar surface area (TPSA) is 32.3 Å². The van der Waals surface area contributed by atoms with Crippen LogP contribution in [0.2, 0.25) is 0 Å². The third kappa shape index (κ3) is 3.42. The Hall–Kier alpha value is -1.64. The molecule has 0 bridgehead atoms. The first-order valence-electron chi connectivity index (χ1n) is 6.27. The Morgan fingerprint density at radius 2 is 1.50 bits per heavy atom. The van der Waals surface area contributed by atoms with E-state index < -0.39 is 6.10 Å². The van der Waals surface area contributed by atoms with Gasteiger partial charge in [0.15, 0.2) is 0 Å². The third-order valence-electron chi connectivity index (χ3n) is 3.09. The van der Waals surface area contributed by atoms with Gasteiger partial charge in [-0.25, -0.2) is 0 Å². The zero-order valence-electron chi connectivity index (χ0n) is 10.6. The van der Waals surface area contributed by atoms with Gasteiger partial charge in [-0.1, -0.05) is 60.7 Å². The van der Waals surface area contributed by atoms with E-state index in [9.17, 15) is 5.11 Å². The summed E-state index contributed by atoms with van der Waals surface area (Å²) in [6, 6.07) is 20.0. The van der Waals surface area contributed by atoms with Gasteiger partial charge in [0.05, 0.1) is 6.10 Å². The molecule has 2 N–H and O–H groups in total. The molecule has 0 aromatic heterocycles. The maximum absolute atomic E-state index is 10.2. The van der Waals surface area contributed by atoms with Crippen LogP contribution in [-0.4, -0.2) is 11.1 Å². The van der Waals surface area contributed by atoms with Gasteiger partial charge in [-0.3, -0.25) is 0 Å². The van der Waals surface area contributed by atoms with Crippen LogP contribution >= 0.6 is 0 Å². The molecule has 18 heavy (non-hydrogen) atoms. The molecule has 2 aromatic rings. The molecule has 2 rings (SSSR count). The zero-order valence-corrected chi connectivity index (χ0v) is 10.6. The molecule has 0 aliphatic rings. The summed E-state index contributed by atoms with van der Waals surface area (Å²) < 4.78 is 0. The molecular weight excluding hydrogens is 222 g/mol. The summed E-state index contributed by atoms with van der Waals surface area (Å²) in [5.41, 5.74) is 2.18. The van der Waals surface area contributed by atoms with Crippen molar-refractivity contribution in [2.24, 2.45) is 0 Å². The minimum absolute atomic E-state index is 0.0209. The van der Waals surface area contributed by atoms with Gasteiger partial charge in [0.1, 0.15) is 0 Å². The Bertz CT molecular complexity index is 455. The van der Waals surface area contributed by atoms with Crippen LogP contribution in [0.25, 0.3) is 0 Å². The van der Waals surface area contributed by atoms with E-state index in [0.29, 0.717) is 0 Å². The van der Waals surface area contributed by atoms with E-state index in [0.717, 1.165) is 12.1 Å². The van der Waals surface area contributed by atoms with Crippen LogP contribution in [0.4, 0.5) is 0 Å². The second-order valence-electron chi connectivity index (χ2n) is 4.51. The highest BCUT2D eigenvalue weighted by molar-refractivity contribution is 5.19. The summed E-state index contributed by atoms with van der Waals surface area (Å²) in [5, 5.41) is 13.6. The molecule has 0 saturated heterocycles. The molecule has 2 nitrogen and oxygen atoms in total. The lowest BCUT2D eigenvalue weighted by atomic mass is 10.0. The lowest BCUT2D eigenvalue weighted by molar-refractivity contribution is 0.135. The van der Waals surface area contributed by atoms with E-state index in [1.807, 2.05) is 55.5 Å². The summed E-state index contributed by atoms with van der Waals surface area (Å²) in [5.74, 6) is 0. The minimum atomic E-state index is -0.477. The molecule has 0 aliphatic carbocycles. The fourth-order valence-corrected chi connectivity index (χ4v) is 1.93. The summed E-state index contributed by atoms with van der Waals surface area (Å²) in [6.07, 6.45) is -0.477. The van der Waals surface area contributed by atoms with E-state index >= 15 is 0 Å². The minimum Gasteiger partial charge on any atom is -0.387 e. The fourth-order valence-electron chi connectivity index (χ4n) is 1.93. The molecule has 0 amide bonds. The van der Waals surface area contributed by atoms with Crippen LogP contribution in [0, 0.1) is 0 Å². The van der Waals surface area contributed by atoms with Crippen LogP contribution in [0.1, 0.15) is 24.2 Å². The second-order valence-corrected chi connectivity index (χ2v) is 4.51. The SMILES string of the molecule is CC(NCc1ccccc1)C(O)c1ccccc1. The van der Waals surface area contributed by atoms with Crippen LogP contribution < -0.4 is 5.32 Å². The predicted octanol–water partition coefficient (Wildman–Crippen LogP) is 2.90. The first-order valence-corrected chi connectivity index (χ1v) is 6.27. The number of rotatable bonds is 5. The van der Waals surface area contributed by atoms with Gasteiger partial charge in [-0.15, -0.1) is 0 Å². The molecule has 0 fully saturated rings. The Balaban J connectivity index is 1.90. The Morgan fingerprint density at radius 3 is 2.11 bits per heavy atom. The molecule has 2 unspecified atom stereocenters. The van der Waals surface area contributed by atoms with Crippen LogP contribution in [0.5, 0.6) is 0 Å². The average molecular weight is 241 g/mol. The molecule has 2 heteroatoms. The quantitative estimate of drug-likeness (QED) is 0.843. The van der Waals surface area contributed by atoms with Crippen LogP contribution in [0.15, 0.2) is 60.7 Å². The molecule has 2 aromatic carbocycles. The van der Waals surface area contributed by atoms with Gasteiger partial charge < -0.3 is 10.4 Å². The lowest BCUT2D eigenvalue weighted by Crippen LogP contribution is -2.31. The van der Waals surface area contributed by atoms with Crippen molar-refractivity contribution in [1.29, 1.82) is 0 Å².